The second-order valence-electron chi connectivity index (χ2n) is 3.88. The summed E-state index contributed by atoms with van der Waals surface area (Å²) in [6.07, 6.45) is 5.75. The number of hydrogen-bond donors (Lipinski definition) is 2. The van der Waals surface area contributed by atoms with Crippen LogP contribution in [0, 0.1) is 9.56 Å². The highest BCUT2D eigenvalue weighted by molar-refractivity contribution is 14.2. The van der Waals surface area contributed by atoms with E-state index in [0.717, 1.165) is 16.0 Å². The summed E-state index contributed by atoms with van der Waals surface area (Å²) in [7, 11) is -0.825. The van der Waals surface area contributed by atoms with E-state index >= 15 is 0 Å². The number of benzene rings is 1. The zero-order valence-electron chi connectivity index (χ0n) is 10.3. The van der Waals surface area contributed by atoms with Crippen molar-refractivity contribution in [2.45, 2.75) is 5.75 Å². The fourth-order valence-electron chi connectivity index (χ4n) is 1.46. The average Bonchev–Trinajstić information content (AvgIpc) is 2.47. The van der Waals surface area contributed by atoms with Gasteiger partial charge in [0.1, 0.15) is 0 Å². The molecule has 0 spiro atoms. The Hall–Kier alpha value is -0.660. The van der Waals surface area contributed by atoms with Crippen molar-refractivity contribution >= 4 is 50.3 Å². The minimum absolute atomic E-state index is 0.0251. The Morgan fingerprint density at radius 2 is 2.00 bits per heavy atom. The standard InChI is InChI=1S/C14H15IN2S2/c1-2-12-3-5-13(6-4-12)11-18-19(16,17)14-7-9-15-10-8-14/h2-10,16-17H,1,11H2. The molecule has 2 N–H and O–H groups in total. The van der Waals surface area contributed by atoms with Crippen LogP contribution in [0.1, 0.15) is 11.1 Å². The Morgan fingerprint density at radius 1 is 1.26 bits per heavy atom. The SMILES string of the molecule is C=Cc1ccc(CSS(=N)(=N)C2=CC=IC=C2)cc1. The molecule has 2 rings (SSSR count). The molecule has 5 heteroatoms. The van der Waals surface area contributed by atoms with Crippen LogP contribution in [0.15, 0.2) is 52.0 Å². The number of halogens is 1. The first-order chi connectivity index (χ1) is 9.12. The summed E-state index contributed by atoms with van der Waals surface area (Å²) in [4.78, 5) is 0.853. The molecule has 0 bridgehead atoms. The van der Waals surface area contributed by atoms with Gasteiger partial charge in [0.25, 0.3) is 0 Å². The third-order valence-corrected chi connectivity index (χ3v) is 7.83. The molecule has 0 fully saturated rings. The van der Waals surface area contributed by atoms with E-state index in [2.05, 4.69) is 14.7 Å². The smallest absolute Gasteiger partial charge is 0.0385 e. The predicted octanol–water partition coefficient (Wildman–Crippen LogP) is 5.34. The summed E-state index contributed by atoms with van der Waals surface area (Å²) in [5.74, 6) is 0.708. The molecule has 0 unspecified atom stereocenters. The fourth-order valence-corrected chi connectivity index (χ4v) is 6.22. The van der Waals surface area contributed by atoms with Crippen molar-refractivity contribution in [3.8, 4) is 0 Å². The quantitative estimate of drug-likeness (QED) is 0.507. The van der Waals surface area contributed by atoms with Gasteiger partial charge in [-0.15, -0.1) is 0 Å². The topological polar surface area (TPSA) is 47.7 Å². The largest absolute Gasteiger partial charge is 0.257 e. The van der Waals surface area contributed by atoms with Crippen LogP contribution in [0.3, 0.4) is 0 Å². The van der Waals surface area contributed by atoms with Crippen LogP contribution in [-0.2, 0) is 14.4 Å². The average molecular weight is 402 g/mol. The summed E-state index contributed by atoms with van der Waals surface area (Å²) < 4.78 is 20.7. The van der Waals surface area contributed by atoms with Gasteiger partial charge >= 0.3 is 0 Å². The van der Waals surface area contributed by atoms with Crippen molar-refractivity contribution < 1.29 is 0 Å². The van der Waals surface area contributed by atoms with Crippen LogP contribution in [0.4, 0.5) is 0 Å². The second-order valence-corrected chi connectivity index (χ2v) is 10.4. The van der Waals surface area contributed by atoms with E-state index in [1.165, 1.54) is 10.8 Å². The predicted molar refractivity (Wildman–Crippen MR) is 97.9 cm³/mol. The Morgan fingerprint density at radius 3 is 2.58 bits per heavy atom. The lowest BCUT2D eigenvalue weighted by Gasteiger charge is -2.12. The van der Waals surface area contributed by atoms with E-state index in [4.69, 9.17) is 9.56 Å². The minimum atomic E-state index is -2.24. The molecule has 1 aliphatic heterocycles. The zero-order chi connectivity index (χ0) is 13.7. The van der Waals surface area contributed by atoms with Gasteiger partial charge in [0, 0.05) is 19.3 Å². The van der Waals surface area contributed by atoms with Crippen LogP contribution in [0.5, 0.6) is 0 Å². The van der Waals surface area contributed by atoms with Crippen LogP contribution in [0.25, 0.3) is 6.08 Å². The van der Waals surface area contributed by atoms with Crippen molar-refractivity contribution in [1.82, 2.24) is 0 Å². The van der Waals surface area contributed by atoms with Crippen molar-refractivity contribution in [3.05, 3.63) is 63.1 Å². The molecular weight excluding hydrogens is 387 g/mol. The molecule has 100 valence electrons. The molecule has 2 nitrogen and oxygen atoms in total. The van der Waals surface area contributed by atoms with E-state index in [0.29, 0.717) is 5.75 Å². The summed E-state index contributed by atoms with van der Waals surface area (Å²) in [6, 6.07) is 8.13. The van der Waals surface area contributed by atoms with Gasteiger partial charge in [-0.25, -0.2) is 0 Å². The highest BCUT2D eigenvalue weighted by Crippen LogP contribution is 2.30. The molecule has 1 heterocycles. The summed E-state index contributed by atoms with van der Waals surface area (Å²) in [5, 5.41) is 0. The third-order valence-electron chi connectivity index (χ3n) is 2.55. The molecule has 0 amide bonds. The lowest BCUT2D eigenvalue weighted by Crippen LogP contribution is -1.95. The zero-order valence-corrected chi connectivity index (χ0v) is 14.1. The maximum absolute atomic E-state index is 8.22. The maximum atomic E-state index is 8.22. The summed E-state index contributed by atoms with van der Waals surface area (Å²) in [6.45, 7) is 3.73. The van der Waals surface area contributed by atoms with Crippen molar-refractivity contribution in [3.63, 3.8) is 0 Å². The van der Waals surface area contributed by atoms with Gasteiger partial charge in [-0.3, -0.25) is 9.56 Å². The lowest BCUT2D eigenvalue weighted by atomic mass is 10.1. The van der Waals surface area contributed by atoms with Gasteiger partial charge in [-0.2, -0.15) is 0 Å². The van der Waals surface area contributed by atoms with Gasteiger partial charge in [0.15, 0.2) is 0 Å². The van der Waals surface area contributed by atoms with Gasteiger partial charge < -0.3 is 0 Å². The number of rotatable bonds is 5. The molecule has 0 saturated heterocycles. The van der Waals surface area contributed by atoms with E-state index in [9.17, 15) is 0 Å². The van der Waals surface area contributed by atoms with Crippen LogP contribution in [0.2, 0.25) is 0 Å². The monoisotopic (exact) mass is 402 g/mol. The first-order valence-electron chi connectivity index (χ1n) is 5.62. The molecular formula is C14H15IN2S2. The van der Waals surface area contributed by atoms with Crippen molar-refractivity contribution in [2.75, 3.05) is 0 Å². The summed E-state index contributed by atoms with van der Waals surface area (Å²) in [5.41, 5.74) is 2.25. The molecule has 19 heavy (non-hydrogen) atoms. The number of allylic oxidation sites excluding steroid dienone is 2. The summed E-state index contributed by atoms with van der Waals surface area (Å²) >= 11 is 0.0251. The fraction of sp³-hybridized carbons (Fsp3) is 0.0714. The highest BCUT2D eigenvalue weighted by Gasteiger charge is 2.09. The first kappa shape index (κ1) is 14.7. The van der Waals surface area contributed by atoms with E-state index in [-0.39, 0.29) is 20.7 Å². The minimum Gasteiger partial charge on any atom is -0.257 e. The Labute approximate surface area is 128 Å². The Kier molecular flexibility index (Phi) is 5.18. The Bertz CT molecular complexity index is 653. The molecule has 1 aromatic carbocycles. The molecule has 1 aromatic rings. The maximum Gasteiger partial charge on any atom is 0.0385 e. The highest BCUT2D eigenvalue weighted by atomic mass is 127. The van der Waals surface area contributed by atoms with Gasteiger partial charge in [0.05, 0.1) is 0 Å². The van der Waals surface area contributed by atoms with Crippen LogP contribution >= 0.6 is 31.5 Å². The molecule has 0 saturated carbocycles. The van der Waals surface area contributed by atoms with E-state index in [1.807, 2.05) is 42.5 Å². The van der Waals surface area contributed by atoms with E-state index in [1.54, 1.807) is 0 Å². The van der Waals surface area contributed by atoms with Gasteiger partial charge in [-0.05, 0) is 31.4 Å². The van der Waals surface area contributed by atoms with Crippen molar-refractivity contribution in [1.29, 1.82) is 9.56 Å². The van der Waals surface area contributed by atoms with E-state index < -0.39 is 8.65 Å². The molecule has 0 aliphatic carbocycles. The second kappa shape index (κ2) is 6.67. The Balaban J connectivity index is 2.05. The van der Waals surface area contributed by atoms with Gasteiger partial charge in [0.2, 0.25) is 0 Å². The first-order valence-corrected chi connectivity index (χ1v) is 11.2. The number of nitrogens with one attached hydrogen (secondary N) is 2. The molecule has 0 atom stereocenters. The normalized spacial score (nSPS) is 14.6. The van der Waals surface area contributed by atoms with Crippen molar-refractivity contribution in [2.24, 2.45) is 0 Å². The number of hydrogen-bond acceptors (Lipinski definition) is 3. The van der Waals surface area contributed by atoms with Crippen LogP contribution in [-0.4, -0.2) is 4.01 Å². The molecule has 0 radical (unpaired) electrons. The van der Waals surface area contributed by atoms with Gasteiger partial charge in [-0.1, -0.05) is 68.4 Å². The molecule has 1 aliphatic rings. The lowest BCUT2D eigenvalue weighted by molar-refractivity contribution is 1.42. The molecule has 0 aromatic heterocycles. The third kappa shape index (κ3) is 4.15. The van der Waals surface area contributed by atoms with Crippen LogP contribution < -0.4 is 0 Å².